The van der Waals surface area contributed by atoms with Gasteiger partial charge in [0, 0.05) is 0 Å². The van der Waals surface area contributed by atoms with Crippen LogP contribution in [0.2, 0.25) is 0 Å². The first-order valence-corrected chi connectivity index (χ1v) is 5.90. The summed E-state index contributed by atoms with van der Waals surface area (Å²) in [5.41, 5.74) is 0.671. The summed E-state index contributed by atoms with van der Waals surface area (Å²) in [6.45, 7) is 0. The first-order valence-electron chi connectivity index (χ1n) is 5.27. The molecule has 0 N–H and O–H groups in total. The second-order valence-electron chi connectivity index (χ2n) is 3.60. The van der Waals surface area contributed by atoms with Gasteiger partial charge in [-0.25, -0.2) is 0 Å². The molecule has 19 heavy (non-hydrogen) atoms. The van der Waals surface area contributed by atoms with Crippen molar-refractivity contribution in [2.45, 2.75) is 18.7 Å². The highest BCUT2D eigenvalue weighted by Gasteiger charge is 2.61. The average molecular weight is 298 g/mol. The van der Waals surface area contributed by atoms with Crippen LogP contribution < -0.4 is 4.74 Å². The molecule has 0 heterocycles. The van der Waals surface area contributed by atoms with Crippen molar-refractivity contribution in [1.82, 2.24) is 0 Å². The molecule has 0 aliphatic carbocycles. The van der Waals surface area contributed by atoms with Crippen molar-refractivity contribution in [2.24, 2.45) is 0 Å². The maximum absolute atomic E-state index is 12.6. The second-order valence-corrected chi connectivity index (χ2v) is 4.05. The van der Waals surface area contributed by atoms with Crippen molar-refractivity contribution in [3.63, 3.8) is 0 Å². The first-order chi connectivity index (χ1) is 8.76. The van der Waals surface area contributed by atoms with Crippen LogP contribution in [0.25, 0.3) is 6.08 Å². The number of allylic oxidation sites excluding steroid dienone is 1. The number of rotatable bonds is 5. The van der Waals surface area contributed by atoms with Crippen molar-refractivity contribution in [3.05, 3.63) is 35.9 Å². The van der Waals surface area contributed by atoms with E-state index in [0.29, 0.717) is 11.3 Å². The van der Waals surface area contributed by atoms with Crippen molar-refractivity contribution >= 4 is 18.7 Å². The zero-order valence-corrected chi connectivity index (χ0v) is 10.5. The number of ether oxygens (including phenoxy) is 1. The quantitative estimate of drug-likeness (QED) is 0.619. The lowest BCUT2D eigenvalue weighted by atomic mass is 10.2. The van der Waals surface area contributed by atoms with Crippen molar-refractivity contribution in [1.29, 1.82) is 0 Å². The van der Waals surface area contributed by atoms with Crippen molar-refractivity contribution in [3.8, 4) is 5.75 Å². The number of hydrogen-bond acceptors (Lipinski definition) is 2. The van der Waals surface area contributed by atoms with E-state index in [1.165, 1.54) is 12.1 Å². The van der Waals surface area contributed by atoms with Gasteiger partial charge in [-0.3, -0.25) is 0 Å². The molecular weight excluding hydrogens is 287 g/mol. The number of alkyl halides is 5. The zero-order chi connectivity index (χ0) is 14.5. The van der Waals surface area contributed by atoms with Crippen LogP contribution in [0, 0.1) is 0 Å². The third-order valence-electron chi connectivity index (χ3n) is 2.06. The van der Waals surface area contributed by atoms with Gasteiger partial charge in [-0.05, 0) is 29.9 Å². The Morgan fingerprint density at radius 2 is 1.63 bits per heavy atom. The summed E-state index contributed by atoms with van der Waals surface area (Å²) in [4.78, 5) is 0. The van der Waals surface area contributed by atoms with E-state index in [0.717, 1.165) is 18.6 Å². The summed E-state index contributed by atoms with van der Waals surface area (Å²) in [5, 5.41) is 0. The van der Waals surface area contributed by atoms with E-state index < -0.39 is 18.0 Å². The molecule has 0 aliphatic rings. The molecule has 1 rings (SSSR count). The zero-order valence-electron chi connectivity index (χ0n) is 9.62. The molecule has 0 spiro atoms. The minimum atomic E-state index is -5.74. The summed E-state index contributed by atoms with van der Waals surface area (Å²) in [6.07, 6.45) is -6.68. The number of benzene rings is 1. The molecule has 0 amide bonds. The Labute approximate surface area is 112 Å². The Bertz CT molecular complexity index is 425. The number of thiol groups is 1. The van der Waals surface area contributed by atoms with Gasteiger partial charge in [0.05, 0.1) is 0 Å². The highest BCUT2D eigenvalue weighted by Crippen LogP contribution is 2.37. The molecule has 0 saturated heterocycles. The van der Waals surface area contributed by atoms with Gasteiger partial charge in [0.2, 0.25) is 0 Å². The molecule has 0 aromatic heterocycles. The van der Waals surface area contributed by atoms with Gasteiger partial charge < -0.3 is 4.74 Å². The lowest BCUT2D eigenvalue weighted by molar-refractivity contribution is -0.360. The minimum absolute atomic E-state index is 0.548. The van der Waals surface area contributed by atoms with E-state index in [2.05, 4.69) is 17.4 Å². The monoisotopic (exact) mass is 298 g/mol. The molecule has 0 radical (unpaired) electrons. The largest absolute Gasteiger partial charge is 0.499 e. The fourth-order valence-corrected chi connectivity index (χ4v) is 1.30. The number of halogens is 5. The van der Waals surface area contributed by atoms with Crippen LogP contribution in [0.5, 0.6) is 5.75 Å². The van der Waals surface area contributed by atoms with Crippen LogP contribution in [-0.2, 0) is 0 Å². The van der Waals surface area contributed by atoms with Gasteiger partial charge in [0.1, 0.15) is 5.75 Å². The predicted molar refractivity (Wildman–Crippen MR) is 65.6 cm³/mol. The number of hydrogen-bond donors (Lipinski definition) is 1. The van der Waals surface area contributed by atoms with E-state index in [9.17, 15) is 22.0 Å². The van der Waals surface area contributed by atoms with Gasteiger partial charge in [-0.1, -0.05) is 24.3 Å². The van der Waals surface area contributed by atoms with Crippen LogP contribution in [0.4, 0.5) is 22.0 Å². The van der Waals surface area contributed by atoms with Crippen LogP contribution in [0.15, 0.2) is 30.3 Å². The Hall–Kier alpha value is -1.24. The summed E-state index contributed by atoms with van der Waals surface area (Å²) in [6, 6.07) is 4.88. The minimum Gasteiger partial charge on any atom is -0.426 e. The smallest absolute Gasteiger partial charge is 0.426 e. The van der Waals surface area contributed by atoms with Gasteiger partial charge in [-0.15, -0.1) is 0 Å². The Morgan fingerprint density at radius 1 is 1.05 bits per heavy atom. The second kappa shape index (κ2) is 6.27. The molecule has 0 fully saturated rings. The molecule has 0 unspecified atom stereocenters. The highest BCUT2D eigenvalue weighted by atomic mass is 32.1. The third kappa shape index (κ3) is 4.74. The summed E-state index contributed by atoms with van der Waals surface area (Å²) < 4.78 is 64.6. The normalized spacial score (nSPS) is 12.9. The first kappa shape index (κ1) is 15.8. The maximum Gasteiger partial charge on any atom is 0.499 e. The Kier molecular flexibility index (Phi) is 5.22. The molecule has 1 nitrogen and oxygen atoms in total. The topological polar surface area (TPSA) is 9.23 Å². The van der Waals surface area contributed by atoms with Gasteiger partial charge in [-0.2, -0.15) is 34.6 Å². The molecule has 106 valence electrons. The summed E-state index contributed by atoms with van der Waals surface area (Å²) in [5.74, 6) is 0.115. The Morgan fingerprint density at radius 3 is 2.11 bits per heavy atom. The van der Waals surface area contributed by atoms with E-state index in [1.807, 2.05) is 6.08 Å². The lowest BCUT2D eigenvalue weighted by Gasteiger charge is -2.20. The van der Waals surface area contributed by atoms with Gasteiger partial charge in [0.25, 0.3) is 0 Å². The molecule has 7 heteroatoms. The lowest BCUT2D eigenvalue weighted by Crippen LogP contribution is -2.41. The molecule has 0 aliphatic heterocycles. The van der Waals surface area contributed by atoms with Gasteiger partial charge >= 0.3 is 12.3 Å². The SMILES string of the molecule is FC(F)(F)C(F)(F)Oc1ccc(C=CCCS)cc1. The third-order valence-corrected chi connectivity index (χ3v) is 2.32. The molecule has 0 saturated carbocycles. The standard InChI is InChI=1S/C12H11F5OS/c13-11(14,15)12(16,17)18-10-6-4-9(5-7-10)3-1-2-8-19/h1,3-7,19H,2,8H2. The Balaban J connectivity index is 2.72. The van der Waals surface area contributed by atoms with E-state index in [1.54, 1.807) is 6.08 Å². The maximum atomic E-state index is 12.6. The average Bonchev–Trinajstić information content (AvgIpc) is 2.30. The van der Waals surface area contributed by atoms with Crippen LogP contribution in [-0.4, -0.2) is 18.0 Å². The highest BCUT2D eigenvalue weighted by molar-refractivity contribution is 7.80. The van der Waals surface area contributed by atoms with Crippen LogP contribution in [0.1, 0.15) is 12.0 Å². The van der Waals surface area contributed by atoms with Crippen LogP contribution >= 0.6 is 12.6 Å². The molecule has 1 aromatic carbocycles. The molecular formula is C12H11F5OS. The fraction of sp³-hybridized carbons (Fsp3) is 0.333. The van der Waals surface area contributed by atoms with Gasteiger partial charge in [0.15, 0.2) is 0 Å². The molecule has 1 aromatic rings. The van der Waals surface area contributed by atoms with Crippen LogP contribution in [0.3, 0.4) is 0 Å². The van der Waals surface area contributed by atoms with E-state index in [-0.39, 0.29) is 0 Å². The summed E-state index contributed by atoms with van der Waals surface area (Å²) in [7, 11) is 0. The van der Waals surface area contributed by atoms with E-state index in [4.69, 9.17) is 0 Å². The van der Waals surface area contributed by atoms with E-state index >= 15 is 0 Å². The summed E-state index contributed by atoms with van der Waals surface area (Å²) >= 11 is 4.00. The van der Waals surface area contributed by atoms with Crippen molar-refractivity contribution < 1.29 is 26.7 Å². The molecule has 0 bridgehead atoms. The van der Waals surface area contributed by atoms with Crippen molar-refractivity contribution in [2.75, 3.05) is 5.75 Å². The predicted octanol–water partition coefficient (Wildman–Crippen LogP) is 4.55. The molecule has 0 atom stereocenters. The fourth-order valence-electron chi connectivity index (χ4n) is 1.15.